The molecule has 0 bridgehead atoms. The molecular formula is C33H35NO8. The fraction of sp³-hybridized carbons (Fsp3) is 0.333. The van der Waals surface area contributed by atoms with Crippen molar-refractivity contribution in [3.05, 3.63) is 102 Å². The molecule has 1 aliphatic heterocycles. The van der Waals surface area contributed by atoms with E-state index in [1.54, 1.807) is 31.2 Å². The number of rotatable bonds is 12. The summed E-state index contributed by atoms with van der Waals surface area (Å²) in [6.45, 7) is 2.05. The molecule has 1 saturated heterocycles. The van der Waals surface area contributed by atoms with Gasteiger partial charge >= 0.3 is 18.0 Å². The Morgan fingerprint density at radius 2 is 1.48 bits per heavy atom. The largest absolute Gasteiger partial charge is 0.493 e. The minimum Gasteiger partial charge on any atom is -0.493 e. The lowest BCUT2D eigenvalue weighted by atomic mass is 9.82. The molecule has 1 fully saturated rings. The summed E-state index contributed by atoms with van der Waals surface area (Å²) in [5, 5.41) is 0. The number of hydrogen-bond donors (Lipinski definition) is 0. The summed E-state index contributed by atoms with van der Waals surface area (Å²) in [6, 6.07) is 24.6. The maximum absolute atomic E-state index is 13.8. The number of amides is 1. The summed E-state index contributed by atoms with van der Waals surface area (Å²) in [5.41, 5.74) is 2.29. The average molecular weight is 574 g/mol. The zero-order chi connectivity index (χ0) is 29.9. The molecule has 0 aliphatic carbocycles. The number of esters is 2. The lowest BCUT2D eigenvalue weighted by Gasteiger charge is -2.25. The average Bonchev–Trinajstić information content (AvgIpc) is 3.40. The molecule has 0 spiro atoms. The molecule has 9 nitrogen and oxygen atoms in total. The highest BCUT2D eigenvalue weighted by atomic mass is 16.6. The predicted octanol–water partition coefficient (Wildman–Crippen LogP) is 4.87. The zero-order valence-electron chi connectivity index (χ0n) is 23.8. The quantitative estimate of drug-likeness (QED) is 0.172. The number of nitrogens with zero attached hydrogens (tertiary/aromatic N) is 1. The van der Waals surface area contributed by atoms with E-state index in [2.05, 4.69) is 0 Å². The first-order valence-electron chi connectivity index (χ1n) is 13.9. The van der Waals surface area contributed by atoms with Crippen LogP contribution >= 0.6 is 0 Å². The molecule has 0 saturated carbocycles. The van der Waals surface area contributed by atoms with Gasteiger partial charge in [0, 0.05) is 30.4 Å². The number of ketones is 1. The summed E-state index contributed by atoms with van der Waals surface area (Å²) in [7, 11) is 1.23. The minimum absolute atomic E-state index is 0.0161. The molecule has 220 valence electrons. The highest BCUT2D eigenvalue weighted by Gasteiger charge is 2.52. The number of methoxy groups -OCH3 is 1. The van der Waals surface area contributed by atoms with Crippen molar-refractivity contribution >= 4 is 23.8 Å². The normalized spacial score (nSPS) is 17.8. The van der Waals surface area contributed by atoms with E-state index >= 15 is 0 Å². The van der Waals surface area contributed by atoms with Crippen molar-refractivity contribution in [2.45, 2.75) is 32.4 Å². The van der Waals surface area contributed by atoms with Crippen LogP contribution in [-0.2, 0) is 36.8 Å². The smallest absolute Gasteiger partial charge is 0.410 e. The number of carbonyl (C=O) groups is 4. The molecule has 1 heterocycles. The molecule has 3 aromatic rings. The second-order valence-electron chi connectivity index (χ2n) is 9.91. The van der Waals surface area contributed by atoms with Crippen LogP contribution < -0.4 is 4.74 Å². The SMILES string of the molecule is CCOC(=O)[C@@H]1[C@@H](CC(=O)OC)[C@@H](C(=O)c2ccc(OCCc3ccccc3)cc2)CN1C(=O)OCc1ccccc1. The third kappa shape index (κ3) is 7.75. The van der Waals surface area contributed by atoms with Gasteiger partial charge in [-0.15, -0.1) is 0 Å². The van der Waals surface area contributed by atoms with Gasteiger partial charge in [0.25, 0.3) is 0 Å². The number of ether oxygens (including phenoxy) is 4. The van der Waals surface area contributed by atoms with Gasteiger partial charge in [0.1, 0.15) is 18.4 Å². The standard InChI is InChI=1S/C33H35NO8/c1-3-40-32(37)30-27(20-29(35)39-2)28(21-34(30)33(38)42-22-24-12-8-5-9-13-24)31(36)25-14-16-26(17-15-25)41-19-18-23-10-6-4-7-11-23/h4-17,27-28,30H,3,18-22H2,1-2H3/t27-,28-,30-/m0/s1. The highest BCUT2D eigenvalue weighted by Crippen LogP contribution is 2.37. The molecule has 0 radical (unpaired) electrons. The monoisotopic (exact) mass is 573 g/mol. The lowest BCUT2D eigenvalue weighted by Crippen LogP contribution is -2.45. The first-order valence-corrected chi connectivity index (χ1v) is 13.9. The molecular weight excluding hydrogens is 538 g/mol. The van der Waals surface area contributed by atoms with Crippen LogP contribution in [0.3, 0.4) is 0 Å². The Labute approximate surface area is 245 Å². The summed E-state index contributed by atoms with van der Waals surface area (Å²) < 4.78 is 21.5. The first-order chi connectivity index (χ1) is 20.4. The summed E-state index contributed by atoms with van der Waals surface area (Å²) in [5.74, 6) is -2.75. The van der Waals surface area contributed by atoms with Gasteiger partial charge in [0.2, 0.25) is 0 Å². The van der Waals surface area contributed by atoms with Gasteiger partial charge in [0.05, 0.1) is 26.7 Å². The Bertz CT molecular complexity index is 1340. The number of benzene rings is 3. The topological polar surface area (TPSA) is 108 Å². The van der Waals surface area contributed by atoms with Crippen LogP contribution in [0.25, 0.3) is 0 Å². The maximum atomic E-state index is 13.8. The molecule has 4 rings (SSSR count). The van der Waals surface area contributed by atoms with E-state index in [1.807, 2.05) is 60.7 Å². The van der Waals surface area contributed by atoms with Gasteiger partial charge in [-0.2, -0.15) is 0 Å². The minimum atomic E-state index is -1.19. The third-order valence-electron chi connectivity index (χ3n) is 7.23. The molecule has 1 aliphatic rings. The van der Waals surface area contributed by atoms with Crippen LogP contribution in [0.2, 0.25) is 0 Å². The van der Waals surface area contributed by atoms with Crippen molar-refractivity contribution in [3.63, 3.8) is 0 Å². The molecule has 0 unspecified atom stereocenters. The van der Waals surface area contributed by atoms with E-state index in [-0.39, 0.29) is 32.0 Å². The fourth-order valence-electron chi connectivity index (χ4n) is 5.10. The van der Waals surface area contributed by atoms with Crippen LogP contribution in [0.4, 0.5) is 4.79 Å². The number of hydrogen-bond acceptors (Lipinski definition) is 8. The van der Waals surface area contributed by atoms with Gasteiger partial charge < -0.3 is 18.9 Å². The van der Waals surface area contributed by atoms with Crippen molar-refractivity contribution in [1.82, 2.24) is 4.90 Å². The van der Waals surface area contributed by atoms with Crippen LogP contribution in [0.5, 0.6) is 5.75 Å². The fourth-order valence-corrected chi connectivity index (χ4v) is 5.10. The summed E-state index contributed by atoms with van der Waals surface area (Å²) in [4.78, 5) is 53.7. The predicted molar refractivity (Wildman–Crippen MR) is 154 cm³/mol. The lowest BCUT2D eigenvalue weighted by molar-refractivity contribution is -0.150. The molecule has 3 atom stereocenters. The van der Waals surface area contributed by atoms with Gasteiger partial charge in [-0.1, -0.05) is 60.7 Å². The van der Waals surface area contributed by atoms with Crippen molar-refractivity contribution in [2.75, 3.05) is 26.9 Å². The third-order valence-corrected chi connectivity index (χ3v) is 7.23. The van der Waals surface area contributed by atoms with E-state index < -0.39 is 35.9 Å². The molecule has 0 aromatic heterocycles. The molecule has 0 N–H and O–H groups in total. The van der Waals surface area contributed by atoms with Crippen molar-refractivity contribution in [1.29, 1.82) is 0 Å². The number of Topliss-reactive ketones (excluding diaryl/α,β-unsaturated/α-hetero) is 1. The second-order valence-corrected chi connectivity index (χ2v) is 9.91. The van der Waals surface area contributed by atoms with Gasteiger partial charge in [-0.3, -0.25) is 14.5 Å². The van der Waals surface area contributed by atoms with Crippen molar-refractivity contribution in [3.8, 4) is 5.75 Å². The Kier molecular flexibility index (Phi) is 10.7. The Hall–Kier alpha value is -4.66. The highest BCUT2D eigenvalue weighted by molar-refractivity contribution is 6.00. The van der Waals surface area contributed by atoms with Gasteiger partial charge in [-0.25, -0.2) is 9.59 Å². The molecule has 9 heteroatoms. The molecule has 3 aromatic carbocycles. The van der Waals surface area contributed by atoms with E-state index in [9.17, 15) is 19.2 Å². The van der Waals surface area contributed by atoms with E-state index in [4.69, 9.17) is 18.9 Å². The van der Waals surface area contributed by atoms with Crippen LogP contribution in [-0.4, -0.2) is 61.6 Å². The van der Waals surface area contributed by atoms with Crippen LogP contribution in [0.15, 0.2) is 84.9 Å². The molecule has 1 amide bonds. The summed E-state index contributed by atoms with van der Waals surface area (Å²) in [6.07, 6.45) is -0.284. The van der Waals surface area contributed by atoms with Gasteiger partial charge in [-0.05, 0) is 42.3 Å². The van der Waals surface area contributed by atoms with Crippen molar-refractivity contribution in [2.24, 2.45) is 11.8 Å². The number of likely N-dealkylation sites (tertiary alicyclic amines) is 1. The van der Waals surface area contributed by atoms with E-state index in [0.717, 1.165) is 17.5 Å². The van der Waals surface area contributed by atoms with Crippen molar-refractivity contribution < 1.29 is 38.1 Å². The van der Waals surface area contributed by atoms with E-state index in [0.29, 0.717) is 17.9 Å². The molecule has 42 heavy (non-hydrogen) atoms. The Morgan fingerprint density at radius 1 is 0.833 bits per heavy atom. The maximum Gasteiger partial charge on any atom is 0.410 e. The first kappa shape index (κ1) is 30.3. The van der Waals surface area contributed by atoms with E-state index in [1.165, 1.54) is 12.0 Å². The Balaban J connectivity index is 1.51. The van der Waals surface area contributed by atoms with Crippen LogP contribution in [0.1, 0.15) is 34.8 Å². The number of carbonyl (C=O) groups excluding carboxylic acids is 4. The van der Waals surface area contributed by atoms with Gasteiger partial charge in [0.15, 0.2) is 5.78 Å². The summed E-state index contributed by atoms with van der Waals surface area (Å²) >= 11 is 0. The Morgan fingerprint density at radius 3 is 2.10 bits per heavy atom. The van der Waals surface area contributed by atoms with Crippen LogP contribution in [0, 0.1) is 11.8 Å². The zero-order valence-corrected chi connectivity index (χ0v) is 23.8. The second kappa shape index (κ2) is 14.8.